The van der Waals surface area contributed by atoms with Gasteiger partial charge < -0.3 is 5.32 Å². The van der Waals surface area contributed by atoms with Crippen LogP contribution in [0, 0.1) is 6.92 Å². The van der Waals surface area contributed by atoms with Gasteiger partial charge in [0.2, 0.25) is 5.91 Å². The van der Waals surface area contributed by atoms with Gasteiger partial charge in [0.25, 0.3) is 0 Å². The molecule has 8 heteroatoms. The molecule has 0 atom stereocenters. The van der Waals surface area contributed by atoms with Gasteiger partial charge in [0.15, 0.2) is 0 Å². The summed E-state index contributed by atoms with van der Waals surface area (Å²) in [5.74, 6) is -0.0667. The zero-order chi connectivity index (χ0) is 20.1. The van der Waals surface area contributed by atoms with E-state index in [0.29, 0.717) is 44.8 Å². The van der Waals surface area contributed by atoms with Crippen LogP contribution in [0.15, 0.2) is 42.6 Å². The molecule has 1 aromatic heterocycles. The lowest BCUT2D eigenvalue weighted by atomic mass is 10.2. The fourth-order valence-electron chi connectivity index (χ4n) is 3.22. The number of nitrogens with zero attached hydrogens (tertiary/aromatic N) is 3. The highest BCUT2D eigenvalue weighted by molar-refractivity contribution is 5.92. The average molecular weight is 392 g/mol. The maximum atomic E-state index is 12.8. The van der Waals surface area contributed by atoms with Crippen molar-refractivity contribution in [1.29, 1.82) is 0 Å². The quantitative estimate of drug-likeness (QED) is 0.849. The predicted molar refractivity (Wildman–Crippen MR) is 101 cm³/mol. The fraction of sp³-hybridized carbons (Fsp3) is 0.400. The van der Waals surface area contributed by atoms with Crippen molar-refractivity contribution < 1.29 is 18.0 Å². The van der Waals surface area contributed by atoms with E-state index in [4.69, 9.17) is 0 Å². The predicted octanol–water partition coefficient (Wildman–Crippen LogP) is 3.17. The van der Waals surface area contributed by atoms with Gasteiger partial charge in [0, 0.05) is 44.6 Å². The zero-order valence-corrected chi connectivity index (χ0v) is 15.7. The average Bonchev–Trinajstić information content (AvgIpc) is 2.63. The summed E-state index contributed by atoms with van der Waals surface area (Å²) in [6.07, 6.45) is -3.23. The Hall–Kier alpha value is -2.45. The summed E-state index contributed by atoms with van der Waals surface area (Å²) in [6.45, 7) is 5.49. The summed E-state index contributed by atoms with van der Waals surface area (Å²) in [5.41, 5.74) is 1.59. The molecular weight excluding hydrogens is 369 g/mol. The Morgan fingerprint density at radius 1 is 1.11 bits per heavy atom. The zero-order valence-electron chi connectivity index (χ0n) is 15.7. The van der Waals surface area contributed by atoms with Gasteiger partial charge in [-0.25, -0.2) is 0 Å². The van der Waals surface area contributed by atoms with E-state index in [0.717, 1.165) is 17.3 Å². The van der Waals surface area contributed by atoms with E-state index < -0.39 is 11.9 Å². The molecule has 1 aromatic carbocycles. The van der Waals surface area contributed by atoms with Crippen molar-refractivity contribution in [1.82, 2.24) is 14.8 Å². The van der Waals surface area contributed by atoms with Crippen LogP contribution in [0.1, 0.15) is 16.8 Å². The van der Waals surface area contributed by atoms with Crippen molar-refractivity contribution in [3.05, 3.63) is 59.4 Å². The van der Waals surface area contributed by atoms with E-state index in [2.05, 4.69) is 20.1 Å². The van der Waals surface area contributed by atoms with Crippen LogP contribution in [0.4, 0.5) is 18.9 Å². The summed E-state index contributed by atoms with van der Waals surface area (Å²) < 4.78 is 38.3. The van der Waals surface area contributed by atoms with Crippen molar-refractivity contribution in [2.45, 2.75) is 19.6 Å². The number of aryl methyl sites for hydroxylation is 1. The number of hydrogen-bond donors (Lipinski definition) is 1. The van der Waals surface area contributed by atoms with Crippen molar-refractivity contribution >= 4 is 11.6 Å². The van der Waals surface area contributed by atoms with E-state index >= 15 is 0 Å². The molecule has 0 aliphatic carbocycles. The number of amides is 1. The first kappa shape index (κ1) is 20.3. The Morgan fingerprint density at radius 3 is 2.50 bits per heavy atom. The number of carbonyl (C=O) groups is 1. The topological polar surface area (TPSA) is 48.5 Å². The second-order valence-electron chi connectivity index (χ2n) is 7.02. The third-order valence-electron chi connectivity index (χ3n) is 4.65. The molecule has 150 valence electrons. The number of halogens is 3. The number of rotatable bonds is 5. The highest BCUT2D eigenvalue weighted by atomic mass is 19.4. The molecule has 0 bridgehead atoms. The van der Waals surface area contributed by atoms with Crippen LogP contribution < -0.4 is 5.32 Å². The number of hydrogen-bond acceptors (Lipinski definition) is 4. The van der Waals surface area contributed by atoms with Crippen LogP contribution in [0.3, 0.4) is 0 Å². The highest BCUT2D eigenvalue weighted by Gasteiger charge is 2.32. The second-order valence-corrected chi connectivity index (χ2v) is 7.02. The molecular formula is C20H23F3N4O. The first-order chi connectivity index (χ1) is 13.3. The fourth-order valence-corrected chi connectivity index (χ4v) is 3.22. The van der Waals surface area contributed by atoms with Gasteiger partial charge in [-0.05, 0) is 42.3 Å². The van der Waals surface area contributed by atoms with Gasteiger partial charge in [-0.2, -0.15) is 13.2 Å². The van der Waals surface area contributed by atoms with E-state index in [-0.39, 0.29) is 5.91 Å². The summed E-state index contributed by atoms with van der Waals surface area (Å²) in [7, 11) is 0. The molecule has 3 rings (SSSR count). The summed E-state index contributed by atoms with van der Waals surface area (Å²) in [6, 6.07) is 10.3. The van der Waals surface area contributed by atoms with Crippen molar-refractivity contribution in [2.24, 2.45) is 0 Å². The molecule has 0 saturated carbocycles. The molecule has 1 N–H and O–H groups in total. The Balaban J connectivity index is 1.46. The highest BCUT2D eigenvalue weighted by Crippen LogP contribution is 2.28. The molecule has 1 aliphatic heterocycles. The molecule has 2 aromatic rings. The largest absolute Gasteiger partial charge is 0.433 e. The Bertz CT molecular complexity index is 817. The Kier molecular flexibility index (Phi) is 6.31. The van der Waals surface area contributed by atoms with Crippen LogP contribution >= 0.6 is 0 Å². The summed E-state index contributed by atoms with van der Waals surface area (Å²) >= 11 is 0. The molecule has 0 radical (unpaired) electrons. The standard InChI is InChI=1S/C20H23F3N4O/c1-15-3-2-4-17(11-15)25-19(28)14-27-9-7-26(8-10-27)13-16-5-6-24-18(12-16)20(21,22)23/h2-6,11-12H,7-10,13-14H2,1H3,(H,25,28). The first-order valence-corrected chi connectivity index (χ1v) is 9.13. The molecule has 1 fully saturated rings. The van der Waals surface area contributed by atoms with Crippen LogP contribution in [0.25, 0.3) is 0 Å². The molecule has 2 heterocycles. The molecule has 1 aliphatic rings. The normalized spacial score (nSPS) is 16.1. The van der Waals surface area contributed by atoms with E-state index in [1.807, 2.05) is 31.2 Å². The number of nitrogens with one attached hydrogen (secondary N) is 1. The third-order valence-corrected chi connectivity index (χ3v) is 4.65. The maximum absolute atomic E-state index is 12.8. The number of benzene rings is 1. The van der Waals surface area contributed by atoms with E-state index in [1.54, 1.807) is 6.07 Å². The van der Waals surface area contributed by atoms with Crippen molar-refractivity contribution in [2.75, 3.05) is 38.0 Å². The molecule has 1 saturated heterocycles. The first-order valence-electron chi connectivity index (χ1n) is 9.13. The molecule has 5 nitrogen and oxygen atoms in total. The van der Waals surface area contributed by atoms with Gasteiger partial charge in [-0.3, -0.25) is 19.6 Å². The van der Waals surface area contributed by atoms with Gasteiger partial charge in [0.1, 0.15) is 5.69 Å². The lowest BCUT2D eigenvalue weighted by Gasteiger charge is -2.34. The number of piperazine rings is 1. The molecule has 0 spiro atoms. The van der Waals surface area contributed by atoms with Gasteiger partial charge in [0.05, 0.1) is 6.54 Å². The smallest absolute Gasteiger partial charge is 0.325 e. The maximum Gasteiger partial charge on any atom is 0.433 e. The molecule has 0 unspecified atom stereocenters. The van der Waals surface area contributed by atoms with E-state index in [9.17, 15) is 18.0 Å². The van der Waals surface area contributed by atoms with Crippen LogP contribution in [0.2, 0.25) is 0 Å². The SMILES string of the molecule is Cc1cccc(NC(=O)CN2CCN(Cc3ccnc(C(F)(F)F)c3)CC2)c1. The van der Waals surface area contributed by atoms with Crippen LogP contribution in [-0.4, -0.2) is 53.4 Å². The van der Waals surface area contributed by atoms with E-state index in [1.165, 1.54) is 6.20 Å². The Labute approximate surface area is 162 Å². The monoisotopic (exact) mass is 392 g/mol. The van der Waals surface area contributed by atoms with Gasteiger partial charge in [-0.1, -0.05) is 12.1 Å². The van der Waals surface area contributed by atoms with Crippen LogP contribution in [0.5, 0.6) is 0 Å². The number of carbonyl (C=O) groups excluding carboxylic acids is 1. The number of alkyl halides is 3. The Morgan fingerprint density at radius 2 is 1.82 bits per heavy atom. The van der Waals surface area contributed by atoms with Crippen molar-refractivity contribution in [3.8, 4) is 0 Å². The number of aromatic nitrogens is 1. The van der Waals surface area contributed by atoms with Gasteiger partial charge >= 0.3 is 6.18 Å². The summed E-state index contributed by atoms with van der Waals surface area (Å²) in [5, 5.41) is 2.89. The van der Waals surface area contributed by atoms with Crippen molar-refractivity contribution in [3.63, 3.8) is 0 Å². The second kappa shape index (κ2) is 8.70. The third kappa shape index (κ3) is 5.77. The summed E-state index contributed by atoms with van der Waals surface area (Å²) in [4.78, 5) is 19.7. The number of pyridine rings is 1. The number of anilines is 1. The lowest BCUT2D eigenvalue weighted by Crippen LogP contribution is -2.48. The minimum absolute atomic E-state index is 0.0667. The van der Waals surface area contributed by atoms with Crippen LogP contribution in [-0.2, 0) is 17.5 Å². The molecule has 1 amide bonds. The lowest BCUT2D eigenvalue weighted by molar-refractivity contribution is -0.141. The minimum Gasteiger partial charge on any atom is -0.325 e. The molecule has 28 heavy (non-hydrogen) atoms. The van der Waals surface area contributed by atoms with Gasteiger partial charge in [-0.15, -0.1) is 0 Å². The minimum atomic E-state index is -4.43.